The molecule has 0 aliphatic carbocycles. The van der Waals surface area contributed by atoms with E-state index in [2.05, 4.69) is 31.4 Å². The molecule has 0 aliphatic heterocycles. The van der Waals surface area contributed by atoms with E-state index in [0.717, 1.165) is 5.84 Å². The molecular weight excluding hydrogens is 273 g/mol. The van der Waals surface area contributed by atoms with Crippen LogP contribution in [0.5, 0.6) is 0 Å². The Hall–Kier alpha value is 0.510. The number of nitrogens with zero attached hydrogens (tertiary/aromatic N) is 2. The molecule has 11 heavy (non-hydrogen) atoms. The van der Waals surface area contributed by atoms with Crippen LogP contribution in [0, 0.1) is 0 Å². The van der Waals surface area contributed by atoms with Gasteiger partial charge in [0.15, 0.2) is 5.50 Å². The van der Waals surface area contributed by atoms with Gasteiger partial charge >= 0.3 is 0 Å². The van der Waals surface area contributed by atoms with Crippen LogP contribution in [0.15, 0.2) is 4.99 Å². The molecule has 3 nitrogen and oxygen atoms in total. The Bertz CT molecular complexity index is 134. The van der Waals surface area contributed by atoms with Crippen molar-refractivity contribution in [3.63, 3.8) is 0 Å². The summed E-state index contributed by atoms with van der Waals surface area (Å²) in [6, 6.07) is 0. The third-order valence-corrected chi connectivity index (χ3v) is 2.95. The summed E-state index contributed by atoms with van der Waals surface area (Å²) < 4.78 is 3.06. The van der Waals surface area contributed by atoms with E-state index >= 15 is 0 Å². The molecule has 5 heteroatoms. The molecule has 0 rings (SSSR count). The molecule has 0 aromatic carbocycles. The Balaban J connectivity index is 4.03. The first kappa shape index (κ1) is 11.5. The molecule has 0 fully saturated rings. The Morgan fingerprint density at radius 1 is 1.64 bits per heavy atom. The second-order valence-electron chi connectivity index (χ2n) is 2.27. The van der Waals surface area contributed by atoms with Crippen LogP contribution in [0.3, 0.4) is 0 Å². The Kier molecular flexibility index (Phi) is 6.36. The summed E-state index contributed by atoms with van der Waals surface area (Å²) >= 11 is 3.79. The Morgan fingerprint density at radius 2 is 2.18 bits per heavy atom. The molecule has 0 saturated heterocycles. The van der Waals surface area contributed by atoms with E-state index in [0.29, 0.717) is 0 Å². The first-order valence-electron chi connectivity index (χ1n) is 3.22. The number of aliphatic imine (C=N–C) groups is 1. The molecule has 66 valence electrons. The van der Waals surface area contributed by atoms with E-state index in [1.165, 1.54) is 0 Å². The SMILES string of the molecule is CSC(/N=C(\C)N(C)C)NI. The number of halogens is 1. The van der Waals surface area contributed by atoms with Gasteiger partial charge in [-0.3, -0.25) is 0 Å². The van der Waals surface area contributed by atoms with E-state index in [1.807, 2.05) is 32.2 Å². The lowest BCUT2D eigenvalue weighted by atomic mass is 10.6. The fourth-order valence-electron chi connectivity index (χ4n) is 0.407. The highest BCUT2D eigenvalue weighted by Gasteiger charge is 2.01. The highest BCUT2D eigenvalue weighted by atomic mass is 127. The molecule has 1 atom stereocenters. The van der Waals surface area contributed by atoms with Crippen molar-refractivity contribution < 1.29 is 0 Å². The smallest absolute Gasteiger partial charge is 0.156 e. The van der Waals surface area contributed by atoms with Crippen LogP contribution in [0.25, 0.3) is 0 Å². The predicted molar refractivity (Wildman–Crippen MR) is 61.3 cm³/mol. The maximum Gasteiger partial charge on any atom is 0.156 e. The van der Waals surface area contributed by atoms with Gasteiger partial charge in [-0.25, -0.2) is 8.52 Å². The molecule has 0 amide bonds. The molecule has 0 aromatic rings. The lowest BCUT2D eigenvalue weighted by molar-refractivity contribution is 0.611. The van der Waals surface area contributed by atoms with Gasteiger partial charge in [-0.05, 0) is 13.2 Å². The number of hydrogen-bond acceptors (Lipinski definition) is 3. The van der Waals surface area contributed by atoms with Crippen molar-refractivity contribution in [3.8, 4) is 0 Å². The van der Waals surface area contributed by atoms with Gasteiger partial charge in [-0.1, -0.05) is 0 Å². The van der Waals surface area contributed by atoms with Crippen LogP contribution in [0.2, 0.25) is 0 Å². The molecule has 0 heterocycles. The zero-order valence-corrected chi connectivity index (χ0v) is 10.2. The number of rotatable bonds is 3. The quantitative estimate of drug-likeness (QED) is 0.281. The van der Waals surface area contributed by atoms with Crippen LogP contribution in [0.1, 0.15) is 6.92 Å². The zero-order chi connectivity index (χ0) is 8.85. The second kappa shape index (κ2) is 6.07. The van der Waals surface area contributed by atoms with Gasteiger partial charge in [0.05, 0.1) is 5.84 Å². The monoisotopic (exact) mass is 287 g/mol. The van der Waals surface area contributed by atoms with E-state index < -0.39 is 0 Å². The molecule has 0 aromatic heterocycles. The fourth-order valence-corrected chi connectivity index (χ4v) is 1.66. The van der Waals surface area contributed by atoms with Crippen molar-refractivity contribution in [2.24, 2.45) is 4.99 Å². The Labute approximate surface area is 86.5 Å². The molecule has 0 bridgehead atoms. The van der Waals surface area contributed by atoms with Gasteiger partial charge in [0.1, 0.15) is 0 Å². The van der Waals surface area contributed by atoms with Gasteiger partial charge < -0.3 is 4.90 Å². The summed E-state index contributed by atoms with van der Waals surface area (Å²) in [6.07, 6.45) is 2.03. The maximum absolute atomic E-state index is 4.40. The van der Waals surface area contributed by atoms with Crippen molar-refractivity contribution in [2.75, 3.05) is 20.4 Å². The third-order valence-electron chi connectivity index (χ3n) is 1.27. The Morgan fingerprint density at radius 3 is 2.45 bits per heavy atom. The summed E-state index contributed by atoms with van der Waals surface area (Å²) in [5.74, 6) is 1.04. The number of amidine groups is 1. The largest absolute Gasteiger partial charge is 0.367 e. The van der Waals surface area contributed by atoms with Crippen LogP contribution in [-0.2, 0) is 0 Å². The van der Waals surface area contributed by atoms with Crippen molar-refractivity contribution in [2.45, 2.75) is 12.4 Å². The number of hydrogen-bond donors (Lipinski definition) is 1. The zero-order valence-electron chi connectivity index (χ0n) is 7.26. The topological polar surface area (TPSA) is 27.6 Å². The van der Waals surface area contributed by atoms with E-state index in [9.17, 15) is 0 Å². The predicted octanol–water partition coefficient (Wildman–Crippen LogP) is 1.55. The fraction of sp³-hybridized carbons (Fsp3) is 0.833. The second-order valence-corrected chi connectivity index (χ2v) is 3.81. The maximum atomic E-state index is 4.40. The standard InChI is InChI=1S/C6H14IN3S/c1-5(10(2)3)8-6(9-7)11-4/h6,9H,1-4H3/b8-5+. The minimum Gasteiger partial charge on any atom is -0.367 e. The minimum absolute atomic E-state index is 0.165. The molecule has 0 spiro atoms. The highest BCUT2D eigenvalue weighted by molar-refractivity contribution is 14.1. The minimum atomic E-state index is 0.165. The number of thioether (sulfide) groups is 1. The van der Waals surface area contributed by atoms with Crippen molar-refractivity contribution in [3.05, 3.63) is 0 Å². The van der Waals surface area contributed by atoms with Gasteiger partial charge in [-0.15, -0.1) is 11.8 Å². The average molecular weight is 287 g/mol. The van der Waals surface area contributed by atoms with Gasteiger partial charge in [0, 0.05) is 37.0 Å². The van der Waals surface area contributed by atoms with Crippen LogP contribution >= 0.6 is 34.6 Å². The lowest BCUT2D eigenvalue weighted by Gasteiger charge is -2.14. The van der Waals surface area contributed by atoms with E-state index in [1.54, 1.807) is 11.8 Å². The summed E-state index contributed by atoms with van der Waals surface area (Å²) in [5.41, 5.74) is 0.165. The first-order valence-corrected chi connectivity index (χ1v) is 5.59. The first-order chi connectivity index (χ1) is 5.11. The molecule has 1 N–H and O–H groups in total. The summed E-state index contributed by atoms with van der Waals surface area (Å²) in [7, 11) is 3.98. The normalized spacial score (nSPS) is 14.8. The van der Waals surface area contributed by atoms with Gasteiger partial charge in [0.25, 0.3) is 0 Å². The molecule has 0 aliphatic rings. The lowest BCUT2D eigenvalue weighted by Crippen LogP contribution is -2.23. The summed E-state index contributed by atoms with van der Waals surface area (Å²) in [4.78, 5) is 6.40. The van der Waals surface area contributed by atoms with Crippen molar-refractivity contribution >= 4 is 40.5 Å². The van der Waals surface area contributed by atoms with Gasteiger partial charge in [0.2, 0.25) is 0 Å². The van der Waals surface area contributed by atoms with E-state index in [-0.39, 0.29) is 5.50 Å². The molecular formula is C6H14IN3S. The van der Waals surface area contributed by atoms with Crippen LogP contribution in [0.4, 0.5) is 0 Å². The van der Waals surface area contributed by atoms with E-state index in [4.69, 9.17) is 0 Å². The molecule has 0 radical (unpaired) electrons. The van der Waals surface area contributed by atoms with Crippen LogP contribution < -0.4 is 3.53 Å². The van der Waals surface area contributed by atoms with Gasteiger partial charge in [-0.2, -0.15) is 0 Å². The molecule has 0 saturated carbocycles. The summed E-state index contributed by atoms with van der Waals surface area (Å²) in [5, 5.41) is 0. The number of nitrogens with one attached hydrogen (secondary N) is 1. The third kappa shape index (κ3) is 4.86. The average Bonchev–Trinajstić information content (AvgIpc) is 1.99. The molecule has 1 unspecified atom stereocenters. The van der Waals surface area contributed by atoms with Crippen LogP contribution in [-0.4, -0.2) is 36.6 Å². The highest BCUT2D eigenvalue weighted by Crippen LogP contribution is 2.06. The van der Waals surface area contributed by atoms with Crippen molar-refractivity contribution in [1.29, 1.82) is 0 Å². The summed E-state index contributed by atoms with van der Waals surface area (Å²) in [6.45, 7) is 2.00. The van der Waals surface area contributed by atoms with Crippen molar-refractivity contribution in [1.82, 2.24) is 8.43 Å².